The van der Waals surface area contributed by atoms with E-state index in [-0.39, 0.29) is 18.3 Å². The summed E-state index contributed by atoms with van der Waals surface area (Å²) in [6.07, 6.45) is 0. The van der Waals surface area contributed by atoms with Crippen molar-refractivity contribution in [2.45, 2.75) is 6.54 Å². The third-order valence-corrected chi connectivity index (χ3v) is 3.83. The number of hydrogen-bond donors (Lipinski definition) is 2. The van der Waals surface area contributed by atoms with Crippen LogP contribution in [-0.2, 0) is 11.3 Å². The van der Waals surface area contributed by atoms with Crippen molar-refractivity contribution in [1.29, 1.82) is 0 Å². The zero-order chi connectivity index (χ0) is 18.5. The number of nitrogens with one attached hydrogen (secondary N) is 2. The van der Waals surface area contributed by atoms with Crippen molar-refractivity contribution in [3.05, 3.63) is 65.3 Å². The molecular formula is C18H17ClFN4O2+. The normalized spacial score (nSPS) is 12.0. The summed E-state index contributed by atoms with van der Waals surface area (Å²) in [6, 6.07) is 12.8. The number of halogens is 2. The van der Waals surface area contributed by atoms with Gasteiger partial charge in [-0.1, -0.05) is 28.9 Å². The number of carbonyl (C=O) groups is 1. The lowest BCUT2D eigenvalue weighted by Gasteiger charge is -2.11. The summed E-state index contributed by atoms with van der Waals surface area (Å²) in [5, 5.41) is 7.25. The smallest absolute Gasteiger partial charge is 0.282 e. The lowest BCUT2D eigenvalue weighted by Crippen LogP contribution is -3.08. The Bertz CT molecular complexity index is 898. The Hall–Kier alpha value is -2.77. The van der Waals surface area contributed by atoms with E-state index in [1.165, 1.54) is 24.3 Å². The molecule has 134 valence electrons. The zero-order valence-corrected chi connectivity index (χ0v) is 14.8. The van der Waals surface area contributed by atoms with Gasteiger partial charge in [0.2, 0.25) is 5.82 Å². The van der Waals surface area contributed by atoms with Crippen LogP contribution in [-0.4, -0.2) is 29.6 Å². The van der Waals surface area contributed by atoms with E-state index in [0.717, 1.165) is 10.5 Å². The third kappa shape index (κ3) is 4.87. The van der Waals surface area contributed by atoms with E-state index >= 15 is 0 Å². The molecule has 1 unspecified atom stereocenters. The molecule has 1 amide bonds. The van der Waals surface area contributed by atoms with Gasteiger partial charge in [-0.25, -0.2) is 4.39 Å². The van der Waals surface area contributed by atoms with Gasteiger partial charge in [-0.15, -0.1) is 0 Å². The van der Waals surface area contributed by atoms with Crippen molar-refractivity contribution in [2.24, 2.45) is 0 Å². The van der Waals surface area contributed by atoms with E-state index in [0.29, 0.717) is 29.0 Å². The maximum atomic E-state index is 12.9. The fraction of sp³-hybridized carbons (Fsp3) is 0.167. The Morgan fingerprint density at radius 1 is 1.27 bits per heavy atom. The lowest BCUT2D eigenvalue weighted by molar-refractivity contribution is -0.886. The Kier molecular flexibility index (Phi) is 5.60. The van der Waals surface area contributed by atoms with E-state index in [2.05, 4.69) is 15.5 Å². The first-order chi connectivity index (χ1) is 12.5. The fourth-order valence-corrected chi connectivity index (χ4v) is 2.59. The minimum absolute atomic E-state index is 0.191. The van der Waals surface area contributed by atoms with Gasteiger partial charge in [-0.2, -0.15) is 4.98 Å². The molecule has 1 atom stereocenters. The van der Waals surface area contributed by atoms with Crippen LogP contribution in [0.25, 0.3) is 11.4 Å². The molecule has 0 aliphatic carbocycles. The van der Waals surface area contributed by atoms with E-state index < -0.39 is 0 Å². The van der Waals surface area contributed by atoms with Crippen LogP contribution in [0.15, 0.2) is 53.1 Å². The molecule has 1 aromatic heterocycles. The van der Waals surface area contributed by atoms with Gasteiger partial charge >= 0.3 is 0 Å². The maximum Gasteiger partial charge on any atom is 0.282 e. The second-order valence-corrected chi connectivity index (χ2v) is 6.32. The second kappa shape index (κ2) is 8.07. The first kappa shape index (κ1) is 18.0. The summed E-state index contributed by atoms with van der Waals surface area (Å²) in [5.41, 5.74) is 1.31. The van der Waals surface area contributed by atoms with Gasteiger partial charge in [0.25, 0.3) is 11.8 Å². The first-order valence-corrected chi connectivity index (χ1v) is 8.32. The number of nitrogens with zero attached hydrogens (tertiary/aromatic N) is 2. The number of hydrogen-bond acceptors (Lipinski definition) is 4. The maximum absolute atomic E-state index is 12.9. The molecular weight excluding hydrogens is 359 g/mol. The van der Waals surface area contributed by atoms with Crippen LogP contribution < -0.4 is 10.2 Å². The Balaban J connectivity index is 1.55. The van der Waals surface area contributed by atoms with Gasteiger partial charge in [-0.3, -0.25) is 4.79 Å². The molecule has 0 aliphatic rings. The molecule has 2 aromatic carbocycles. The standard InChI is InChI=1S/C18H16ClFN4O2/c1-24(10-16(25)21-15-7-5-14(20)6-8-15)11-17-22-18(23-26-17)12-3-2-4-13(19)9-12/h2-9H,10-11H2,1H3,(H,21,25)/p+1. The average molecular weight is 376 g/mol. The molecule has 2 N–H and O–H groups in total. The summed E-state index contributed by atoms with van der Waals surface area (Å²) in [7, 11) is 1.84. The van der Waals surface area contributed by atoms with Gasteiger partial charge in [0.15, 0.2) is 13.1 Å². The lowest BCUT2D eigenvalue weighted by atomic mass is 10.2. The molecule has 0 aliphatic heterocycles. The number of likely N-dealkylation sites (N-methyl/N-ethyl adjacent to an activating group) is 1. The summed E-state index contributed by atoms with van der Waals surface area (Å²) in [6.45, 7) is 0.594. The van der Waals surface area contributed by atoms with Crippen LogP contribution in [0.1, 0.15) is 5.89 Å². The third-order valence-electron chi connectivity index (χ3n) is 3.59. The summed E-state index contributed by atoms with van der Waals surface area (Å²) in [5.74, 6) is 0.333. The number of carbonyl (C=O) groups excluding carboxylic acids is 1. The first-order valence-electron chi connectivity index (χ1n) is 7.95. The number of aromatic nitrogens is 2. The summed E-state index contributed by atoms with van der Waals surface area (Å²) < 4.78 is 18.1. The van der Waals surface area contributed by atoms with Crippen LogP contribution in [0, 0.1) is 5.82 Å². The number of benzene rings is 2. The molecule has 3 rings (SSSR count). The number of rotatable bonds is 6. The highest BCUT2D eigenvalue weighted by molar-refractivity contribution is 6.30. The predicted molar refractivity (Wildman–Crippen MR) is 95.2 cm³/mol. The molecule has 0 saturated carbocycles. The predicted octanol–water partition coefficient (Wildman–Crippen LogP) is 2.18. The van der Waals surface area contributed by atoms with Crippen LogP contribution >= 0.6 is 11.6 Å². The minimum atomic E-state index is -0.349. The van der Waals surface area contributed by atoms with Gasteiger partial charge in [0.1, 0.15) is 5.82 Å². The number of amides is 1. The zero-order valence-electron chi connectivity index (χ0n) is 14.0. The van der Waals surface area contributed by atoms with E-state index in [9.17, 15) is 9.18 Å². The highest BCUT2D eigenvalue weighted by atomic mass is 35.5. The molecule has 0 fully saturated rings. The largest absolute Gasteiger partial charge is 0.333 e. The quantitative estimate of drug-likeness (QED) is 0.692. The highest BCUT2D eigenvalue weighted by Gasteiger charge is 2.16. The number of anilines is 1. The van der Waals surface area contributed by atoms with Gasteiger partial charge in [0.05, 0.1) is 7.05 Å². The second-order valence-electron chi connectivity index (χ2n) is 5.89. The van der Waals surface area contributed by atoms with E-state index in [4.69, 9.17) is 16.1 Å². The number of quaternary nitrogens is 1. The van der Waals surface area contributed by atoms with E-state index in [1.54, 1.807) is 12.1 Å². The SMILES string of the molecule is C[NH+](CC(=O)Nc1ccc(F)cc1)Cc1nc(-c2cccc(Cl)c2)no1. The van der Waals surface area contributed by atoms with Crippen molar-refractivity contribution in [1.82, 2.24) is 10.1 Å². The van der Waals surface area contributed by atoms with Crippen molar-refractivity contribution < 1.29 is 18.6 Å². The van der Waals surface area contributed by atoms with Crippen molar-refractivity contribution in [3.63, 3.8) is 0 Å². The molecule has 8 heteroatoms. The molecule has 3 aromatic rings. The van der Waals surface area contributed by atoms with Crippen molar-refractivity contribution in [2.75, 3.05) is 18.9 Å². The Morgan fingerprint density at radius 3 is 2.77 bits per heavy atom. The Labute approximate surface area is 154 Å². The molecule has 1 heterocycles. The fourth-order valence-electron chi connectivity index (χ4n) is 2.40. The monoisotopic (exact) mass is 375 g/mol. The average Bonchev–Trinajstić information content (AvgIpc) is 3.05. The van der Waals surface area contributed by atoms with Crippen LogP contribution in [0.2, 0.25) is 5.02 Å². The summed E-state index contributed by atoms with van der Waals surface area (Å²) >= 11 is 5.96. The van der Waals surface area contributed by atoms with Crippen molar-refractivity contribution >= 4 is 23.2 Å². The molecule has 6 nitrogen and oxygen atoms in total. The van der Waals surface area contributed by atoms with Crippen LogP contribution in [0.3, 0.4) is 0 Å². The van der Waals surface area contributed by atoms with Crippen LogP contribution in [0.5, 0.6) is 0 Å². The molecule has 0 bridgehead atoms. The molecule has 0 saturated heterocycles. The van der Waals surface area contributed by atoms with Gasteiger partial charge in [0, 0.05) is 16.3 Å². The molecule has 0 radical (unpaired) electrons. The highest BCUT2D eigenvalue weighted by Crippen LogP contribution is 2.19. The minimum Gasteiger partial charge on any atom is -0.333 e. The van der Waals surface area contributed by atoms with Gasteiger partial charge < -0.3 is 14.7 Å². The Morgan fingerprint density at radius 2 is 2.04 bits per heavy atom. The van der Waals surface area contributed by atoms with E-state index in [1.807, 2.05) is 19.2 Å². The van der Waals surface area contributed by atoms with Crippen LogP contribution in [0.4, 0.5) is 10.1 Å². The van der Waals surface area contributed by atoms with Gasteiger partial charge in [-0.05, 0) is 36.4 Å². The summed E-state index contributed by atoms with van der Waals surface area (Å²) in [4.78, 5) is 17.3. The van der Waals surface area contributed by atoms with Crippen molar-refractivity contribution in [3.8, 4) is 11.4 Å². The topological polar surface area (TPSA) is 72.5 Å². The molecule has 0 spiro atoms. The molecule has 26 heavy (non-hydrogen) atoms.